The zero-order valence-electron chi connectivity index (χ0n) is 10.3. The Morgan fingerprint density at radius 3 is 2.67 bits per heavy atom. The molecule has 2 aromatic rings. The molecule has 0 saturated heterocycles. The summed E-state index contributed by atoms with van der Waals surface area (Å²) in [7, 11) is 0. The largest absolute Gasteiger partial charge is 0.433 e. The van der Waals surface area contributed by atoms with Gasteiger partial charge < -0.3 is 4.42 Å². The molecule has 110 valence electrons. The average molecular weight is 299 g/mol. The van der Waals surface area contributed by atoms with E-state index in [9.17, 15) is 23.3 Å². The van der Waals surface area contributed by atoms with Crippen molar-refractivity contribution in [2.45, 2.75) is 6.18 Å². The van der Waals surface area contributed by atoms with E-state index in [1.165, 1.54) is 18.2 Å². The first-order valence-electron chi connectivity index (χ1n) is 5.57. The molecule has 0 atom stereocenters. The predicted octanol–water partition coefficient (Wildman–Crippen LogP) is 3.65. The van der Waals surface area contributed by atoms with Crippen LogP contribution >= 0.6 is 0 Å². The first kappa shape index (κ1) is 14.6. The van der Waals surface area contributed by atoms with E-state index in [4.69, 9.17) is 4.42 Å². The van der Waals surface area contributed by atoms with E-state index >= 15 is 0 Å². The monoisotopic (exact) mass is 299 g/mol. The lowest BCUT2D eigenvalue weighted by Crippen LogP contribution is -2.05. The highest BCUT2D eigenvalue weighted by Gasteiger charge is 2.30. The third-order valence-electron chi connectivity index (χ3n) is 2.37. The Morgan fingerprint density at radius 2 is 2.05 bits per heavy atom. The molecule has 0 aliphatic carbocycles. The number of benzene rings is 1. The van der Waals surface area contributed by atoms with Crippen LogP contribution in [0, 0.1) is 10.1 Å². The summed E-state index contributed by atoms with van der Waals surface area (Å²) in [6.45, 7) is 0. The minimum absolute atomic E-state index is 0.0983. The van der Waals surface area contributed by atoms with Gasteiger partial charge in [0, 0.05) is 0 Å². The number of alkyl halides is 3. The fourth-order valence-electron chi connectivity index (χ4n) is 1.45. The summed E-state index contributed by atoms with van der Waals surface area (Å²) in [4.78, 5) is 9.68. The smallest absolute Gasteiger partial charge is 0.400 e. The molecule has 6 nitrogen and oxygen atoms in total. The lowest BCUT2D eigenvalue weighted by atomic mass is 10.2. The van der Waals surface area contributed by atoms with E-state index in [2.05, 4.69) is 10.5 Å². The molecule has 21 heavy (non-hydrogen) atoms. The van der Waals surface area contributed by atoms with Crippen molar-refractivity contribution in [2.75, 3.05) is 5.43 Å². The van der Waals surface area contributed by atoms with Crippen LogP contribution in [0.5, 0.6) is 0 Å². The average Bonchev–Trinajstić information content (AvgIpc) is 2.87. The van der Waals surface area contributed by atoms with Gasteiger partial charge in [0.2, 0.25) is 0 Å². The summed E-state index contributed by atoms with van der Waals surface area (Å²) >= 11 is 0. The third-order valence-corrected chi connectivity index (χ3v) is 2.37. The molecule has 1 aromatic heterocycles. The molecule has 9 heteroatoms. The highest BCUT2D eigenvalue weighted by atomic mass is 19.4. The molecule has 1 N–H and O–H groups in total. The summed E-state index contributed by atoms with van der Waals surface area (Å²) in [6, 6.07) is 6.92. The van der Waals surface area contributed by atoms with Crippen LogP contribution in [0.25, 0.3) is 0 Å². The Bertz CT molecular complexity index is 680. The van der Waals surface area contributed by atoms with Crippen molar-refractivity contribution in [2.24, 2.45) is 5.10 Å². The minimum Gasteiger partial charge on any atom is -0.400 e. The van der Waals surface area contributed by atoms with Gasteiger partial charge in [-0.2, -0.15) is 18.3 Å². The van der Waals surface area contributed by atoms with Crippen molar-refractivity contribution in [1.82, 2.24) is 0 Å². The predicted molar refractivity (Wildman–Crippen MR) is 68.0 cm³/mol. The number of nitro groups is 1. The Kier molecular flexibility index (Phi) is 3.92. The highest BCUT2D eigenvalue weighted by molar-refractivity contribution is 5.77. The van der Waals surface area contributed by atoms with Crippen LogP contribution in [0.1, 0.15) is 11.3 Å². The second kappa shape index (κ2) is 5.65. The molecule has 0 bridgehead atoms. The van der Waals surface area contributed by atoms with Crippen LogP contribution in [0.3, 0.4) is 0 Å². The molecular weight excluding hydrogens is 291 g/mol. The molecule has 1 heterocycles. The van der Waals surface area contributed by atoms with Crippen molar-refractivity contribution in [3.05, 3.63) is 57.8 Å². The van der Waals surface area contributed by atoms with Crippen LogP contribution in [0.15, 0.2) is 45.9 Å². The molecule has 0 saturated carbocycles. The fraction of sp³-hybridized carbons (Fsp3) is 0.0833. The highest BCUT2D eigenvalue weighted by Crippen LogP contribution is 2.30. The summed E-state index contributed by atoms with van der Waals surface area (Å²) in [5.74, 6) is -0.350. The normalized spacial score (nSPS) is 11.8. The Hall–Kier alpha value is -2.84. The van der Waals surface area contributed by atoms with Gasteiger partial charge in [-0.3, -0.25) is 15.5 Å². The summed E-state index contributed by atoms with van der Waals surface area (Å²) in [5, 5.41) is 14.0. The number of hydrazone groups is 1. The third kappa shape index (κ3) is 3.81. The van der Waals surface area contributed by atoms with Gasteiger partial charge in [0.05, 0.1) is 23.5 Å². The minimum atomic E-state index is -4.44. The zero-order valence-corrected chi connectivity index (χ0v) is 10.3. The van der Waals surface area contributed by atoms with Crippen LogP contribution in [-0.2, 0) is 6.18 Å². The number of halogens is 3. The lowest BCUT2D eigenvalue weighted by Gasteiger charge is -2.07. The van der Waals surface area contributed by atoms with Crippen molar-refractivity contribution in [3.63, 3.8) is 0 Å². The van der Waals surface area contributed by atoms with E-state index in [0.29, 0.717) is 0 Å². The lowest BCUT2D eigenvalue weighted by molar-refractivity contribution is -0.402. The second-order valence-electron chi connectivity index (χ2n) is 3.88. The fourth-order valence-corrected chi connectivity index (χ4v) is 1.45. The van der Waals surface area contributed by atoms with Crippen molar-refractivity contribution >= 4 is 17.8 Å². The first-order chi connectivity index (χ1) is 9.86. The van der Waals surface area contributed by atoms with E-state index in [1.54, 1.807) is 0 Å². The molecule has 2 rings (SSSR count). The number of hydrogen-bond acceptors (Lipinski definition) is 5. The van der Waals surface area contributed by atoms with Crippen molar-refractivity contribution in [3.8, 4) is 0 Å². The van der Waals surface area contributed by atoms with Gasteiger partial charge >= 0.3 is 12.1 Å². The van der Waals surface area contributed by atoms with E-state index in [0.717, 1.165) is 24.4 Å². The molecule has 0 unspecified atom stereocenters. The SMILES string of the molecule is O=[N+]([O-])c1ccc(/C=N/Nc2cccc(C(F)(F)F)c2)o1. The Labute approximate surface area is 116 Å². The number of nitrogens with one attached hydrogen (secondary N) is 1. The van der Waals surface area contributed by atoms with Gasteiger partial charge in [-0.25, -0.2) is 0 Å². The van der Waals surface area contributed by atoms with Gasteiger partial charge in [-0.05, 0) is 24.3 Å². The number of hydrogen-bond donors (Lipinski definition) is 1. The molecule has 0 amide bonds. The standard InChI is InChI=1S/C12H8F3N3O3/c13-12(14,15)8-2-1-3-9(6-8)17-16-7-10-4-5-11(21-10)18(19)20/h1-7,17H/b16-7+. The Morgan fingerprint density at radius 1 is 1.29 bits per heavy atom. The van der Waals surface area contributed by atoms with Gasteiger partial charge in [0.15, 0.2) is 5.76 Å². The summed E-state index contributed by atoms with van der Waals surface area (Å²) < 4.78 is 42.3. The maximum absolute atomic E-state index is 12.5. The zero-order chi connectivity index (χ0) is 15.5. The Balaban J connectivity index is 2.05. The van der Waals surface area contributed by atoms with E-state index in [-0.39, 0.29) is 11.4 Å². The van der Waals surface area contributed by atoms with Crippen molar-refractivity contribution in [1.29, 1.82) is 0 Å². The molecule has 0 aliphatic rings. The van der Waals surface area contributed by atoms with E-state index in [1.807, 2.05) is 0 Å². The van der Waals surface area contributed by atoms with Gasteiger partial charge in [0.25, 0.3) is 0 Å². The summed E-state index contributed by atoms with van der Waals surface area (Å²) in [6.07, 6.45) is -3.32. The quantitative estimate of drug-likeness (QED) is 0.531. The number of nitrogens with zero attached hydrogens (tertiary/aromatic N) is 2. The molecular formula is C12H8F3N3O3. The van der Waals surface area contributed by atoms with Gasteiger partial charge in [-0.1, -0.05) is 6.07 Å². The maximum Gasteiger partial charge on any atom is 0.433 e. The topological polar surface area (TPSA) is 80.7 Å². The van der Waals surface area contributed by atoms with Crippen LogP contribution < -0.4 is 5.43 Å². The van der Waals surface area contributed by atoms with Gasteiger partial charge in [-0.15, -0.1) is 0 Å². The molecule has 0 fully saturated rings. The number of anilines is 1. The van der Waals surface area contributed by atoms with E-state index < -0.39 is 22.5 Å². The van der Waals surface area contributed by atoms with Crippen LogP contribution in [0.4, 0.5) is 24.7 Å². The van der Waals surface area contributed by atoms with Crippen molar-refractivity contribution < 1.29 is 22.5 Å². The summed E-state index contributed by atoms with van der Waals surface area (Å²) in [5.41, 5.74) is 1.70. The maximum atomic E-state index is 12.5. The molecule has 1 aromatic carbocycles. The van der Waals surface area contributed by atoms with Crippen LogP contribution in [0.2, 0.25) is 0 Å². The number of furan rings is 1. The second-order valence-corrected chi connectivity index (χ2v) is 3.88. The molecule has 0 spiro atoms. The molecule has 0 radical (unpaired) electrons. The molecule has 0 aliphatic heterocycles. The van der Waals surface area contributed by atoms with Gasteiger partial charge in [0.1, 0.15) is 4.92 Å². The first-order valence-corrected chi connectivity index (χ1v) is 5.57. The van der Waals surface area contributed by atoms with Crippen LogP contribution in [-0.4, -0.2) is 11.1 Å². The number of rotatable bonds is 4.